The van der Waals surface area contributed by atoms with Crippen LogP contribution in [0.4, 0.5) is 0 Å². The highest BCUT2D eigenvalue weighted by Gasteiger charge is 2.25. The number of rotatable bonds is 3. The van der Waals surface area contributed by atoms with Gasteiger partial charge in [0.05, 0.1) is 26.2 Å². The first-order chi connectivity index (χ1) is 9.65. The van der Waals surface area contributed by atoms with Gasteiger partial charge in [-0.3, -0.25) is 4.79 Å². The van der Waals surface area contributed by atoms with E-state index in [4.69, 9.17) is 15.2 Å². The number of carbonyl (C=O) groups is 1. The Bertz CT molecular complexity index is 691. The Hall–Kier alpha value is -2.50. The molecule has 0 saturated heterocycles. The number of carbonyl (C=O) groups excluding carboxylic acids is 1. The number of aromatic nitrogens is 2. The van der Waals surface area contributed by atoms with Crippen LogP contribution in [-0.2, 0) is 13.0 Å². The van der Waals surface area contributed by atoms with Gasteiger partial charge < -0.3 is 19.8 Å². The van der Waals surface area contributed by atoms with Gasteiger partial charge in [-0.25, -0.2) is 4.98 Å². The van der Waals surface area contributed by atoms with Crippen molar-refractivity contribution in [3.8, 4) is 22.8 Å². The Balaban J connectivity index is 2.25. The smallest absolute Gasteiger partial charge is 0.269 e. The molecule has 2 aromatic rings. The molecule has 2 heterocycles. The molecule has 1 aliphatic heterocycles. The number of methoxy groups -OCH3 is 2. The number of nitrogens with zero attached hydrogens (tertiary/aromatic N) is 2. The lowest BCUT2D eigenvalue weighted by atomic mass is 9.96. The molecule has 6 nitrogen and oxygen atoms in total. The van der Waals surface area contributed by atoms with Crippen molar-refractivity contribution in [1.29, 1.82) is 0 Å². The number of benzene rings is 1. The summed E-state index contributed by atoms with van der Waals surface area (Å²) in [6.07, 6.45) is 2.49. The Morgan fingerprint density at radius 2 is 2.00 bits per heavy atom. The second kappa shape index (κ2) is 4.56. The predicted octanol–water partition coefficient (Wildman–Crippen LogP) is 1.22. The largest absolute Gasteiger partial charge is 0.493 e. The first kappa shape index (κ1) is 12.5. The van der Waals surface area contributed by atoms with Gasteiger partial charge >= 0.3 is 0 Å². The number of amides is 1. The summed E-state index contributed by atoms with van der Waals surface area (Å²) in [7, 11) is 3.19. The van der Waals surface area contributed by atoms with Gasteiger partial charge in [-0.15, -0.1) is 0 Å². The number of nitrogens with two attached hydrogens (primary N) is 1. The Labute approximate surface area is 116 Å². The fraction of sp³-hybridized carbons (Fsp3) is 0.286. The SMILES string of the molecule is COc1cc2c(cc1OC)-c1c(C(N)=O)ncn1CC2. The highest BCUT2D eigenvalue weighted by atomic mass is 16.5. The van der Waals surface area contributed by atoms with Crippen LogP contribution in [0, 0.1) is 0 Å². The summed E-state index contributed by atoms with van der Waals surface area (Å²) in [5.74, 6) is 0.776. The van der Waals surface area contributed by atoms with Crippen molar-refractivity contribution in [2.45, 2.75) is 13.0 Å². The van der Waals surface area contributed by atoms with E-state index in [-0.39, 0.29) is 5.69 Å². The molecule has 3 rings (SSSR count). The van der Waals surface area contributed by atoms with E-state index in [0.717, 1.165) is 29.8 Å². The lowest BCUT2D eigenvalue weighted by Crippen LogP contribution is -2.16. The first-order valence-electron chi connectivity index (χ1n) is 6.26. The third kappa shape index (κ3) is 1.72. The molecule has 20 heavy (non-hydrogen) atoms. The van der Waals surface area contributed by atoms with E-state index in [1.807, 2.05) is 16.7 Å². The third-order valence-corrected chi connectivity index (χ3v) is 3.56. The molecule has 0 fully saturated rings. The summed E-state index contributed by atoms with van der Waals surface area (Å²) in [5, 5.41) is 0. The van der Waals surface area contributed by atoms with E-state index < -0.39 is 5.91 Å². The van der Waals surface area contributed by atoms with Crippen LogP contribution >= 0.6 is 0 Å². The van der Waals surface area contributed by atoms with Gasteiger partial charge in [0.25, 0.3) is 5.91 Å². The average Bonchev–Trinajstić information content (AvgIpc) is 2.90. The number of primary amides is 1. The second-order valence-electron chi connectivity index (χ2n) is 4.61. The zero-order valence-electron chi connectivity index (χ0n) is 11.3. The van der Waals surface area contributed by atoms with Gasteiger partial charge in [0, 0.05) is 12.1 Å². The normalized spacial score (nSPS) is 12.5. The van der Waals surface area contributed by atoms with Gasteiger partial charge in [0.1, 0.15) is 0 Å². The minimum absolute atomic E-state index is 0.290. The number of hydrogen-bond donors (Lipinski definition) is 1. The Morgan fingerprint density at radius 1 is 1.30 bits per heavy atom. The zero-order chi connectivity index (χ0) is 14.3. The molecular weight excluding hydrogens is 258 g/mol. The summed E-state index contributed by atoms with van der Waals surface area (Å²) in [6, 6.07) is 3.81. The molecule has 1 aromatic carbocycles. The molecule has 0 saturated carbocycles. The number of aryl methyl sites for hydroxylation is 2. The summed E-state index contributed by atoms with van der Waals surface area (Å²) >= 11 is 0. The van der Waals surface area contributed by atoms with Crippen molar-refractivity contribution >= 4 is 5.91 Å². The van der Waals surface area contributed by atoms with Crippen LogP contribution < -0.4 is 15.2 Å². The molecule has 0 aliphatic carbocycles. The third-order valence-electron chi connectivity index (χ3n) is 3.56. The molecule has 2 N–H and O–H groups in total. The minimum atomic E-state index is -0.526. The van der Waals surface area contributed by atoms with Crippen molar-refractivity contribution in [2.75, 3.05) is 14.2 Å². The van der Waals surface area contributed by atoms with Crippen LogP contribution in [0.3, 0.4) is 0 Å². The van der Waals surface area contributed by atoms with E-state index >= 15 is 0 Å². The predicted molar refractivity (Wildman–Crippen MR) is 73.0 cm³/mol. The number of imidazole rings is 1. The van der Waals surface area contributed by atoms with Gasteiger partial charge in [-0.2, -0.15) is 0 Å². The van der Waals surface area contributed by atoms with Crippen LogP contribution in [0.25, 0.3) is 11.3 Å². The summed E-state index contributed by atoms with van der Waals surface area (Å²) in [4.78, 5) is 15.6. The Morgan fingerprint density at radius 3 is 2.65 bits per heavy atom. The van der Waals surface area contributed by atoms with E-state index in [0.29, 0.717) is 11.5 Å². The van der Waals surface area contributed by atoms with Crippen LogP contribution in [0.1, 0.15) is 16.1 Å². The topological polar surface area (TPSA) is 79.4 Å². The maximum Gasteiger partial charge on any atom is 0.269 e. The maximum absolute atomic E-state index is 11.5. The minimum Gasteiger partial charge on any atom is -0.493 e. The highest BCUT2D eigenvalue weighted by Crippen LogP contribution is 2.39. The van der Waals surface area contributed by atoms with Crippen molar-refractivity contribution < 1.29 is 14.3 Å². The number of ether oxygens (including phenoxy) is 2. The number of fused-ring (bicyclic) bond motifs is 3. The van der Waals surface area contributed by atoms with Crippen molar-refractivity contribution in [2.24, 2.45) is 5.73 Å². The molecule has 0 radical (unpaired) electrons. The molecule has 1 aromatic heterocycles. The van der Waals surface area contributed by atoms with E-state index in [9.17, 15) is 4.79 Å². The standard InChI is InChI=1S/C14H15N3O3/c1-19-10-5-8-3-4-17-7-16-12(14(15)18)13(17)9(8)6-11(10)20-2/h5-7H,3-4H2,1-2H3,(H2,15,18). The molecule has 104 valence electrons. The van der Waals surface area contributed by atoms with Crippen LogP contribution in [0.15, 0.2) is 18.5 Å². The summed E-state index contributed by atoms with van der Waals surface area (Å²) in [6.45, 7) is 0.762. The molecule has 0 bridgehead atoms. The van der Waals surface area contributed by atoms with Gasteiger partial charge in [0.2, 0.25) is 0 Å². The summed E-state index contributed by atoms with van der Waals surface area (Å²) in [5.41, 5.74) is 8.45. The second-order valence-corrected chi connectivity index (χ2v) is 4.61. The van der Waals surface area contributed by atoms with Gasteiger partial charge in [-0.05, 0) is 24.1 Å². The molecule has 1 amide bonds. The molecule has 6 heteroatoms. The lowest BCUT2D eigenvalue weighted by Gasteiger charge is -2.21. The van der Waals surface area contributed by atoms with E-state index in [1.165, 1.54) is 0 Å². The van der Waals surface area contributed by atoms with Crippen LogP contribution in [0.2, 0.25) is 0 Å². The lowest BCUT2D eigenvalue weighted by molar-refractivity contribution is 0.0996. The average molecular weight is 273 g/mol. The van der Waals surface area contributed by atoms with E-state index in [1.54, 1.807) is 20.5 Å². The van der Waals surface area contributed by atoms with Crippen molar-refractivity contribution in [1.82, 2.24) is 9.55 Å². The molecule has 0 spiro atoms. The zero-order valence-corrected chi connectivity index (χ0v) is 11.3. The maximum atomic E-state index is 11.5. The van der Waals surface area contributed by atoms with E-state index in [2.05, 4.69) is 4.98 Å². The molecule has 1 aliphatic rings. The van der Waals surface area contributed by atoms with Crippen LogP contribution in [0.5, 0.6) is 11.5 Å². The monoisotopic (exact) mass is 273 g/mol. The van der Waals surface area contributed by atoms with Crippen molar-refractivity contribution in [3.05, 3.63) is 29.7 Å². The fourth-order valence-corrected chi connectivity index (χ4v) is 2.60. The number of hydrogen-bond acceptors (Lipinski definition) is 4. The molecular formula is C14H15N3O3. The first-order valence-corrected chi connectivity index (χ1v) is 6.26. The molecule has 0 atom stereocenters. The van der Waals surface area contributed by atoms with Gasteiger partial charge in [-0.1, -0.05) is 0 Å². The highest BCUT2D eigenvalue weighted by molar-refractivity contribution is 5.98. The quantitative estimate of drug-likeness (QED) is 0.912. The van der Waals surface area contributed by atoms with Crippen molar-refractivity contribution in [3.63, 3.8) is 0 Å². The fourth-order valence-electron chi connectivity index (χ4n) is 2.60. The summed E-state index contributed by atoms with van der Waals surface area (Å²) < 4.78 is 12.6. The Kier molecular flexibility index (Phi) is 2.85. The molecule has 0 unspecified atom stereocenters. The van der Waals surface area contributed by atoms with Crippen LogP contribution in [-0.4, -0.2) is 29.7 Å². The van der Waals surface area contributed by atoms with Gasteiger partial charge in [0.15, 0.2) is 17.2 Å².